The van der Waals surface area contributed by atoms with E-state index in [4.69, 9.17) is 4.74 Å². The van der Waals surface area contributed by atoms with Crippen LogP contribution < -0.4 is 10.1 Å². The minimum atomic E-state index is -0.523. The number of rotatable bonds is 5. The number of ether oxygens (including phenoxy) is 1. The average molecular weight is 465 g/mol. The van der Waals surface area contributed by atoms with Gasteiger partial charge in [-0.15, -0.1) is 0 Å². The number of aromatic amines is 1. The van der Waals surface area contributed by atoms with Crippen molar-refractivity contribution in [2.45, 2.75) is 24.3 Å². The molecule has 2 aliphatic heterocycles. The number of likely N-dealkylation sites (tertiary alicyclic amines) is 1. The first-order valence-electron chi connectivity index (χ1n) is 11.9. The molecule has 1 atom stereocenters. The standard InChI is InChI=1S/C26H29FN4O3/c1-34-19-7-8-20-21(10-19)29-24-22(12-32)31(25(33)28-18-4-2-3-17(27)9-18)15-26(23(20)24)13-30(14-26)11-16-5-6-16/h2-4,7-10,16,22,29,32H,5-6,11-15H2,1H3,(H,28,33)/t22-/m1/s1. The molecule has 0 radical (unpaired) electrons. The van der Waals surface area contributed by atoms with Gasteiger partial charge in [-0.2, -0.15) is 0 Å². The van der Waals surface area contributed by atoms with Crippen LogP contribution in [0.1, 0.15) is 30.1 Å². The third-order valence-electron chi connectivity index (χ3n) is 7.52. The molecule has 3 aliphatic rings. The molecule has 3 aromatic rings. The summed E-state index contributed by atoms with van der Waals surface area (Å²) in [7, 11) is 1.64. The fourth-order valence-corrected chi connectivity index (χ4v) is 5.84. The molecule has 3 heterocycles. The van der Waals surface area contributed by atoms with Crippen LogP contribution >= 0.6 is 0 Å². The summed E-state index contributed by atoms with van der Waals surface area (Å²) in [4.78, 5) is 21.1. The van der Waals surface area contributed by atoms with E-state index in [1.165, 1.54) is 30.5 Å². The number of carbonyl (C=O) groups is 1. The molecule has 1 aromatic heterocycles. The Morgan fingerprint density at radius 2 is 2.06 bits per heavy atom. The first-order chi connectivity index (χ1) is 16.5. The fraction of sp³-hybridized carbons (Fsp3) is 0.423. The van der Waals surface area contributed by atoms with Gasteiger partial charge in [-0.25, -0.2) is 9.18 Å². The van der Waals surface area contributed by atoms with Crippen LogP contribution in [0.5, 0.6) is 5.75 Å². The van der Waals surface area contributed by atoms with Crippen LogP contribution in [0.15, 0.2) is 42.5 Å². The smallest absolute Gasteiger partial charge is 0.322 e. The molecule has 1 saturated heterocycles. The molecular weight excluding hydrogens is 435 g/mol. The lowest BCUT2D eigenvalue weighted by Crippen LogP contribution is -2.67. The van der Waals surface area contributed by atoms with Crippen LogP contribution in [-0.4, -0.2) is 65.8 Å². The number of nitrogens with zero attached hydrogens (tertiary/aromatic N) is 2. The Balaban J connectivity index is 1.39. The Kier molecular flexibility index (Phi) is 5.04. The minimum Gasteiger partial charge on any atom is -0.497 e. The van der Waals surface area contributed by atoms with Crippen LogP contribution in [0.4, 0.5) is 14.9 Å². The van der Waals surface area contributed by atoms with Crippen molar-refractivity contribution < 1.29 is 19.0 Å². The monoisotopic (exact) mass is 464 g/mol. The van der Waals surface area contributed by atoms with Gasteiger partial charge in [0.25, 0.3) is 0 Å². The van der Waals surface area contributed by atoms with E-state index < -0.39 is 11.9 Å². The summed E-state index contributed by atoms with van der Waals surface area (Å²) in [5.74, 6) is 1.14. The Hall–Kier alpha value is -3.10. The maximum atomic E-state index is 13.7. The molecule has 6 rings (SSSR count). The summed E-state index contributed by atoms with van der Waals surface area (Å²) in [6, 6.07) is 11.0. The second-order valence-corrected chi connectivity index (χ2v) is 9.99. The van der Waals surface area contributed by atoms with E-state index in [0.29, 0.717) is 12.2 Å². The van der Waals surface area contributed by atoms with Gasteiger partial charge in [0.1, 0.15) is 11.6 Å². The number of H-pyrrole nitrogens is 1. The number of halogens is 1. The lowest BCUT2D eigenvalue weighted by atomic mass is 9.68. The number of benzene rings is 2. The van der Waals surface area contributed by atoms with E-state index in [1.54, 1.807) is 24.1 Å². The van der Waals surface area contributed by atoms with Gasteiger partial charge in [-0.3, -0.25) is 0 Å². The number of methoxy groups -OCH3 is 1. The van der Waals surface area contributed by atoms with E-state index in [1.807, 2.05) is 12.1 Å². The van der Waals surface area contributed by atoms with Crippen LogP contribution in [0.25, 0.3) is 10.9 Å². The summed E-state index contributed by atoms with van der Waals surface area (Å²) in [5.41, 5.74) is 3.19. The maximum absolute atomic E-state index is 13.7. The van der Waals surface area contributed by atoms with Gasteiger partial charge in [0.2, 0.25) is 0 Å². The molecule has 0 bridgehead atoms. The first-order valence-corrected chi connectivity index (χ1v) is 11.9. The van der Waals surface area contributed by atoms with Crippen molar-refractivity contribution in [3.63, 3.8) is 0 Å². The first kappa shape index (κ1) is 21.4. The lowest BCUT2D eigenvalue weighted by Gasteiger charge is -2.56. The Labute approximate surface area is 197 Å². The van der Waals surface area contributed by atoms with Gasteiger partial charge in [-0.1, -0.05) is 6.07 Å². The highest BCUT2D eigenvalue weighted by Crippen LogP contribution is 2.49. The van der Waals surface area contributed by atoms with E-state index >= 15 is 0 Å². The molecular formula is C26H29FN4O3. The molecule has 2 amide bonds. The third kappa shape index (κ3) is 3.52. The van der Waals surface area contributed by atoms with Crippen molar-refractivity contribution in [1.29, 1.82) is 0 Å². The SMILES string of the molecule is COc1ccc2c3c([nH]c2c1)[C@@H](CO)N(C(=O)Nc1cccc(F)c1)CC31CN(CC2CC2)C1. The van der Waals surface area contributed by atoms with Crippen molar-refractivity contribution >= 4 is 22.6 Å². The molecule has 8 heteroatoms. The van der Waals surface area contributed by atoms with Gasteiger partial charge in [0.15, 0.2) is 0 Å². The Morgan fingerprint density at radius 3 is 2.76 bits per heavy atom. The normalized spacial score (nSPS) is 21.4. The molecule has 7 nitrogen and oxygen atoms in total. The van der Waals surface area contributed by atoms with Crippen molar-refractivity contribution in [2.75, 3.05) is 45.2 Å². The highest BCUT2D eigenvalue weighted by atomic mass is 19.1. The quantitative estimate of drug-likeness (QED) is 0.536. The minimum absolute atomic E-state index is 0.213. The molecule has 34 heavy (non-hydrogen) atoms. The van der Waals surface area contributed by atoms with E-state index in [2.05, 4.69) is 21.3 Å². The molecule has 1 spiro atoms. The number of aliphatic hydroxyl groups is 1. The predicted octanol–water partition coefficient (Wildman–Crippen LogP) is 3.86. The van der Waals surface area contributed by atoms with Gasteiger partial charge in [-0.05, 0) is 54.7 Å². The second kappa shape index (κ2) is 7.99. The number of anilines is 1. The number of aromatic nitrogens is 1. The van der Waals surface area contributed by atoms with E-state index in [-0.39, 0.29) is 18.1 Å². The Bertz CT molecular complexity index is 1250. The number of urea groups is 1. The summed E-state index contributed by atoms with van der Waals surface area (Å²) in [5, 5.41) is 14.3. The van der Waals surface area contributed by atoms with Crippen molar-refractivity contribution in [2.24, 2.45) is 5.92 Å². The number of hydrogen-bond acceptors (Lipinski definition) is 4. The van der Waals surface area contributed by atoms with Gasteiger partial charge in [0.05, 0.1) is 19.8 Å². The number of carbonyl (C=O) groups excluding carboxylic acids is 1. The molecule has 2 fully saturated rings. The molecule has 178 valence electrons. The van der Waals surface area contributed by atoms with Crippen LogP contribution in [-0.2, 0) is 5.41 Å². The Morgan fingerprint density at radius 1 is 1.24 bits per heavy atom. The zero-order valence-electron chi connectivity index (χ0n) is 19.2. The van der Waals surface area contributed by atoms with Crippen molar-refractivity contribution in [3.8, 4) is 5.75 Å². The topological polar surface area (TPSA) is 80.8 Å². The molecule has 2 aromatic carbocycles. The van der Waals surface area contributed by atoms with Gasteiger partial charge >= 0.3 is 6.03 Å². The summed E-state index contributed by atoms with van der Waals surface area (Å²) in [6.45, 7) is 3.13. The third-order valence-corrected chi connectivity index (χ3v) is 7.52. The molecule has 1 saturated carbocycles. The number of hydrogen-bond donors (Lipinski definition) is 3. The second-order valence-electron chi connectivity index (χ2n) is 9.99. The average Bonchev–Trinajstić information content (AvgIpc) is 3.54. The predicted molar refractivity (Wildman–Crippen MR) is 128 cm³/mol. The van der Waals surface area contributed by atoms with Crippen LogP contribution in [0.2, 0.25) is 0 Å². The number of nitrogens with one attached hydrogen (secondary N) is 2. The lowest BCUT2D eigenvalue weighted by molar-refractivity contribution is 0.0109. The maximum Gasteiger partial charge on any atom is 0.322 e. The summed E-state index contributed by atoms with van der Waals surface area (Å²) < 4.78 is 19.1. The highest BCUT2D eigenvalue weighted by molar-refractivity contribution is 5.92. The highest BCUT2D eigenvalue weighted by Gasteiger charge is 2.54. The van der Waals surface area contributed by atoms with Crippen molar-refractivity contribution in [1.82, 2.24) is 14.8 Å². The van der Waals surface area contributed by atoms with Crippen molar-refractivity contribution in [3.05, 3.63) is 59.5 Å². The number of amides is 2. The van der Waals surface area contributed by atoms with E-state index in [0.717, 1.165) is 47.9 Å². The largest absolute Gasteiger partial charge is 0.497 e. The molecule has 1 aliphatic carbocycles. The molecule has 3 N–H and O–H groups in total. The zero-order chi connectivity index (χ0) is 23.4. The summed E-state index contributed by atoms with van der Waals surface area (Å²) >= 11 is 0. The number of fused-ring (bicyclic) bond motifs is 4. The van der Waals surface area contributed by atoms with Gasteiger partial charge < -0.3 is 29.9 Å². The molecule has 0 unspecified atom stereocenters. The van der Waals surface area contributed by atoms with E-state index in [9.17, 15) is 14.3 Å². The summed E-state index contributed by atoms with van der Waals surface area (Å²) in [6.07, 6.45) is 2.60. The van der Waals surface area contributed by atoms with Crippen LogP contribution in [0.3, 0.4) is 0 Å². The van der Waals surface area contributed by atoms with Gasteiger partial charge in [0, 0.05) is 59.9 Å². The number of aliphatic hydroxyl groups excluding tert-OH is 1. The zero-order valence-corrected chi connectivity index (χ0v) is 19.2. The fourth-order valence-electron chi connectivity index (χ4n) is 5.84. The van der Waals surface area contributed by atoms with Crippen LogP contribution in [0, 0.1) is 11.7 Å².